The van der Waals surface area contributed by atoms with Crippen molar-refractivity contribution in [3.05, 3.63) is 0 Å². The van der Waals surface area contributed by atoms with Gasteiger partial charge in [0.05, 0.1) is 0 Å². The maximum absolute atomic E-state index is 12.2. The Bertz CT molecular complexity index is 355. The molecule has 0 aromatic carbocycles. The minimum absolute atomic E-state index is 0.170. The van der Waals surface area contributed by atoms with Crippen LogP contribution < -0.4 is 5.32 Å². The van der Waals surface area contributed by atoms with Crippen molar-refractivity contribution in [3.63, 3.8) is 0 Å². The Labute approximate surface area is 137 Å². The summed E-state index contributed by atoms with van der Waals surface area (Å²) in [6, 6.07) is 0.511. The molecule has 1 aliphatic rings. The van der Waals surface area contributed by atoms with Gasteiger partial charge in [-0.15, -0.1) is 0 Å². The fraction of sp³-hybridized carbons (Fsp3) is 0.944. The van der Waals surface area contributed by atoms with Crippen LogP contribution in [0.2, 0.25) is 0 Å². The zero-order chi connectivity index (χ0) is 17.0. The zero-order valence-electron chi connectivity index (χ0n) is 15.7. The minimum atomic E-state index is -0.414. The number of amides is 1. The molecule has 1 amide bonds. The van der Waals surface area contributed by atoms with Gasteiger partial charge in [0.15, 0.2) is 0 Å². The van der Waals surface area contributed by atoms with E-state index < -0.39 is 5.60 Å². The van der Waals surface area contributed by atoms with Crippen LogP contribution in [0.1, 0.15) is 67.7 Å². The molecule has 0 aliphatic carbocycles. The first kappa shape index (κ1) is 19.3. The Morgan fingerprint density at radius 2 is 1.82 bits per heavy atom. The molecule has 1 N–H and O–H groups in total. The molecule has 0 radical (unpaired) electrons. The van der Waals surface area contributed by atoms with Crippen molar-refractivity contribution < 1.29 is 9.53 Å². The average molecular weight is 312 g/mol. The van der Waals surface area contributed by atoms with Crippen LogP contribution in [0, 0.1) is 11.3 Å². The highest BCUT2D eigenvalue weighted by Gasteiger charge is 2.26. The molecular weight excluding hydrogens is 276 g/mol. The lowest BCUT2D eigenvalue weighted by molar-refractivity contribution is 0.0256. The Hall–Kier alpha value is -0.770. The Kier molecular flexibility index (Phi) is 6.72. The minimum Gasteiger partial charge on any atom is -0.444 e. The lowest BCUT2D eigenvalue weighted by Gasteiger charge is -2.29. The van der Waals surface area contributed by atoms with Gasteiger partial charge in [0.2, 0.25) is 0 Å². The molecule has 2 atom stereocenters. The summed E-state index contributed by atoms with van der Waals surface area (Å²) < 4.78 is 5.48. The van der Waals surface area contributed by atoms with Crippen LogP contribution in [0.3, 0.4) is 0 Å². The van der Waals surface area contributed by atoms with Gasteiger partial charge in [-0.2, -0.15) is 0 Å². The second-order valence-electron chi connectivity index (χ2n) is 8.77. The molecule has 1 aliphatic heterocycles. The summed E-state index contributed by atoms with van der Waals surface area (Å²) in [7, 11) is 0. The molecule has 1 rings (SSSR count). The van der Waals surface area contributed by atoms with Gasteiger partial charge in [0.1, 0.15) is 5.60 Å². The molecule has 0 spiro atoms. The van der Waals surface area contributed by atoms with E-state index in [9.17, 15) is 4.79 Å². The molecule has 0 bridgehead atoms. The number of nitrogens with zero attached hydrogens (tertiary/aromatic N) is 1. The highest BCUT2D eigenvalue weighted by atomic mass is 16.6. The van der Waals surface area contributed by atoms with Crippen molar-refractivity contribution >= 4 is 6.09 Å². The number of likely N-dealkylation sites (tertiary alicyclic amines) is 1. The second-order valence-corrected chi connectivity index (χ2v) is 8.77. The van der Waals surface area contributed by atoms with Crippen molar-refractivity contribution in [2.24, 2.45) is 11.3 Å². The number of hydrogen-bond donors (Lipinski definition) is 1. The number of hydrogen-bond acceptors (Lipinski definition) is 3. The molecule has 130 valence electrons. The summed E-state index contributed by atoms with van der Waals surface area (Å²) >= 11 is 0. The number of rotatable bonds is 3. The summed E-state index contributed by atoms with van der Waals surface area (Å²) in [5.74, 6) is 0.637. The molecule has 1 fully saturated rings. The predicted octanol–water partition coefficient (Wildman–Crippen LogP) is 4.05. The van der Waals surface area contributed by atoms with Gasteiger partial charge in [-0.3, -0.25) is 0 Å². The lowest BCUT2D eigenvalue weighted by atomic mass is 9.82. The molecule has 4 heteroatoms. The van der Waals surface area contributed by atoms with Gasteiger partial charge < -0.3 is 15.0 Å². The zero-order valence-corrected chi connectivity index (χ0v) is 15.7. The van der Waals surface area contributed by atoms with Gasteiger partial charge in [0.25, 0.3) is 0 Å². The smallest absolute Gasteiger partial charge is 0.410 e. The Morgan fingerprint density at radius 3 is 2.36 bits per heavy atom. The third-order valence-electron chi connectivity index (χ3n) is 4.57. The van der Waals surface area contributed by atoms with Gasteiger partial charge >= 0.3 is 6.09 Å². The van der Waals surface area contributed by atoms with E-state index in [1.807, 2.05) is 25.7 Å². The first-order chi connectivity index (χ1) is 9.99. The van der Waals surface area contributed by atoms with Crippen molar-refractivity contribution in [3.8, 4) is 0 Å². The van der Waals surface area contributed by atoms with Crippen LogP contribution in [0.4, 0.5) is 4.79 Å². The van der Waals surface area contributed by atoms with E-state index in [0.717, 1.165) is 38.9 Å². The van der Waals surface area contributed by atoms with Crippen LogP contribution in [-0.2, 0) is 4.74 Å². The number of carbonyl (C=O) groups excluding carboxylic acids is 1. The molecule has 1 saturated heterocycles. The summed E-state index contributed by atoms with van der Waals surface area (Å²) in [6.07, 6.45) is 3.02. The fourth-order valence-corrected chi connectivity index (χ4v) is 2.46. The maximum Gasteiger partial charge on any atom is 0.410 e. The number of nitrogens with one attached hydrogen (secondary N) is 1. The van der Waals surface area contributed by atoms with E-state index in [4.69, 9.17) is 4.74 Å². The summed E-state index contributed by atoms with van der Waals surface area (Å²) in [6.45, 7) is 17.6. The number of carbonyl (C=O) groups is 1. The van der Waals surface area contributed by atoms with Crippen molar-refractivity contribution in [1.29, 1.82) is 0 Å². The normalized spacial score (nSPS) is 22.1. The highest BCUT2D eigenvalue weighted by molar-refractivity contribution is 5.68. The fourth-order valence-electron chi connectivity index (χ4n) is 2.46. The van der Waals surface area contributed by atoms with E-state index in [2.05, 4.69) is 33.0 Å². The van der Waals surface area contributed by atoms with E-state index in [1.165, 1.54) is 0 Å². The standard InChI is InChI=1S/C18H36N2O2/c1-14(17(2,3)4)13-19-15-9-8-11-20(12-10-15)16(21)22-18(5,6)7/h14-15,19H,8-13H2,1-7H3. The van der Waals surface area contributed by atoms with Crippen molar-refractivity contribution in [1.82, 2.24) is 10.2 Å². The number of ether oxygens (including phenoxy) is 1. The Morgan fingerprint density at radius 1 is 1.18 bits per heavy atom. The van der Waals surface area contributed by atoms with Crippen LogP contribution in [-0.4, -0.2) is 42.3 Å². The topological polar surface area (TPSA) is 41.6 Å². The first-order valence-corrected chi connectivity index (χ1v) is 8.70. The van der Waals surface area contributed by atoms with E-state index in [0.29, 0.717) is 17.4 Å². The molecule has 0 aromatic rings. The SMILES string of the molecule is CC(CNC1CCCN(C(=O)OC(C)(C)C)CC1)C(C)(C)C. The third-order valence-corrected chi connectivity index (χ3v) is 4.57. The summed E-state index contributed by atoms with van der Waals surface area (Å²) in [5, 5.41) is 3.70. The van der Waals surface area contributed by atoms with Crippen LogP contribution >= 0.6 is 0 Å². The Balaban J connectivity index is 2.41. The van der Waals surface area contributed by atoms with Crippen molar-refractivity contribution in [2.75, 3.05) is 19.6 Å². The predicted molar refractivity (Wildman–Crippen MR) is 92.1 cm³/mol. The molecule has 22 heavy (non-hydrogen) atoms. The summed E-state index contributed by atoms with van der Waals surface area (Å²) in [5.41, 5.74) is -0.0799. The van der Waals surface area contributed by atoms with Crippen LogP contribution in [0.25, 0.3) is 0 Å². The van der Waals surface area contributed by atoms with Gasteiger partial charge in [-0.05, 0) is 57.9 Å². The molecule has 2 unspecified atom stereocenters. The van der Waals surface area contributed by atoms with Crippen LogP contribution in [0.5, 0.6) is 0 Å². The average Bonchev–Trinajstić information content (AvgIpc) is 2.58. The largest absolute Gasteiger partial charge is 0.444 e. The highest BCUT2D eigenvalue weighted by Crippen LogP contribution is 2.25. The second kappa shape index (κ2) is 7.67. The molecule has 1 heterocycles. The van der Waals surface area contributed by atoms with E-state index >= 15 is 0 Å². The quantitative estimate of drug-likeness (QED) is 0.855. The van der Waals surface area contributed by atoms with Crippen LogP contribution in [0.15, 0.2) is 0 Å². The molecular formula is C18H36N2O2. The van der Waals surface area contributed by atoms with Gasteiger partial charge in [0, 0.05) is 19.1 Å². The van der Waals surface area contributed by atoms with Crippen molar-refractivity contribution in [2.45, 2.75) is 79.4 Å². The summed E-state index contributed by atoms with van der Waals surface area (Å²) in [4.78, 5) is 14.0. The van der Waals surface area contributed by atoms with Gasteiger partial charge in [-0.1, -0.05) is 27.7 Å². The third kappa shape index (κ3) is 6.99. The van der Waals surface area contributed by atoms with E-state index in [-0.39, 0.29) is 6.09 Å². The lowest BCUT2D eigenvalue weighted by Crippen LogP contribution is -2.39. The molecule has 0 aromatic heterocycles. The monoisotopic (exact) mass is 312 g/mol. The first-order valence-electron chi connectivity index (χ1n) is 8.70. The molecule has 0 saturated carbocycles. The maximum atomic E-state index is 12.2. The van der Waals surface area contributed by atoms with E-state index in [1.54, 1.807) is 0 Å². The van der Waals surface area contributed by atoms with Gasteiger partial charge in [-0.25, -0.2) is 4.79 Å². The molecule has 4 nitrogen and oxygen atoms in total.